The van der Waals surface area contributed by atoms with Crippen LogP contribution in [0.2, 0.25) is 0 Å². The molecule has 36 heavy (non-hydrogen) atoms. The molecule has 0 unspecified atom stereocenters. The molecule has 1 aliphatic carbocycles. The predicted molar refractivity (Wildman–Crippen MR) is 142 cm³/mol. The molecular weight excluding hydrogens is 452 g/mol. The first-order valence-electron chi connectivity index (χ1n) is 12.1. The Kier molecular flexibility index (Phi) is 5.61. The third-order valence-corrected chi connectivity index (χ3v) is 6.60. The fraction of sp³-hybridized carbons (Fsp3) is 0.179. The SMILES string of the molecule is COc1ccc(-c2c(Nc3ccn[nH]3)cc(C3=CCCCC3)cc2-c2cc3[nH]ccc(=O)n3n2)cc1. The van der Waals surface area contributed by atoms with Crippen LogP contribution in [0.5, 0.6) is 5.75 Å². The van der Waals surface area contributed by atoms with Gasteiger partial charge in [0.1, 0.15) is 17.2 Å². The van der Waals surface area contributed by atoms with E-state index in [1.165, 1.54) is 29.0 Å². The highest BCUT2D eigenvalue weighted by Gasteiger charge is 2.20. The molecule has 5 aromatic rings. The summed E-state index contributed by atoms with van der Waals surface area (Å²) in [6.07, 6.45) is 10.2. The van der Waals surface area contributed by atoms with Gasteiger partial charge in [-0.25, -0.2) is 0 Å². The number of hydrogen-bond acceptors (Lipinski definition) is 5. The summed E-state index contributed by atoms with van der Waals surface area (Å²) < 4.78 is 6.80. The van der Waals surface area contributed by atoms with Crippen LogP contribution in [0.3, 0.4) is 0 Å². The van der Waals surface area contributed by atoms with Gasteiger partial charge in [0.25, 0.3) is 5.56 Å². The highest BCUT2D eigenvalue weighted by molar-refractivity contribution is 5.95. The molecule has 8 heteroatoms. The predicted octanol–water partition coefficient (Wildman–Crippen LogP) is 5.79. The van der Waals surface area contributed by atoms with Crippen molar-refractivity contribution in [3.63, 3.8) is 0 Å². The Hall–Kier alpha value is -4.59. The Balaban J connectivity index is 1.63. The first-order valence-corrected chi connectivity index (χ1v) is 12.1. The van der Waals surface area contributed by atoms with Gasteiger partial charge in [0, 0.05) is 41.2 Å². The van der Waals surface area contributed by atoms with Crippen LogP contribution >= 0.6 is 0 Å². The van der Waals surface area contributed by atoms with E-state index in [9.17, 15) is 4.79 Å². The van der Waals surface area contributed by atoms with Crippen molar-refractivity contribution in [2.75, 3.05) is 12.4 Å². The van der Waals surface area contributed by atoms with Crippen molar-refractivity contribution in [2.24, 2.45) is 0 Å². The molecule has 3 aromatic heterocycles. The number of fused-ring (bicyclic) bond motifs is 1. The smallest absolute Gasteiger partial charge is 0.274 e. The van der Waals surface area contributed by atoms with Crippen LogP contribution in [-0.2, 0) is 0 Å². The van der Waals surface area contributed by atoms with E-state index in [2.05, 4.69) is 38.7 Å². The van der Waals surface area contributed by atoms with Gasteiger partial charge < -0.3 is 15.0 Å². The van der Waals surface area contributed by atoms with Gasteiger partial charge in [0.15, 0.2) is 0 Å². The van der Waals surface area contributed by atoms with E-state index in [-0.39, 0.29) is 5.56 Å². The fourth-order valence-corrected chi connectivity index (χ4v) is 4.82. The Morgan fingerprint density at radius 3 is 2.64 bits per heavy atom. The monoisotopic (exact) mass is 478 g/mol. The van der Waals surface area contributed by atoms with Crippen molar-refractivity contribution in [1.29, 1.82) is 0 Å². The number of aromatic amines is 2. The second-order valence-electron chi connectivity index (χ2n) is 8.89. The van der Waals surface area contributed by atoms with Gasteiger partial charge >= 0.3 is 0 Å². The van der Waals surface area contributed by atoms with E-state index in [4.69, 9.17) is 9.84 Å². The number of aromatic nitrogens is 5. The van der Waals surface area contributed by atoms with Crippen LogP contribution < -0.4 is 15.6 Å². The summed E-state index contributed by atoms with van der Waals surface area (Å²) in [6, 6.07) is 17.7. The van der Waals surface area contributed by atoms with Gasteiger partial charge in [-0.2, -0.15) is 14.7 Å². The zero-order valence-corrected chi connectivity index (χ0v) is 19.9. The van der Waals surface area contributed by atoms with Crippen molar-refractivity contribution in [3.05, 3.63) is 89.0 Å². The summed E-state index contributed by atoms with van der Waals surface area (Å²) in [4.78, 5) is 15.6. The number of hydrogen-bond donors (Lipinski definition) is 3. The normalized spacial score (nSPS) is 13.5. The van der Waals surface area contributed by atoms with Crippen LogP contribution in [0.25, 0.3) is 33.6 Å². The third-order valence-electron chi connectivity index (χ3n) is 6.60. The molecular formula is C28H26N6O2. The zero-order valence-electron chi connectivity index (χ0n) is 19.9. The first kappa shape index (κ1) is 21.9. The number of H-pyrrole nitrogens is 2. The molecule has 3 heterocycles. The second kappa shape index (κ2) is 9.22. The number of nitrogens with one attached hydrogen (secondary N) is 3. The number of nitrogens with zero attached hydrogens (tertiary/aromatic N) is 3. The molecule has 0 atom stereocenters. The number of benzene rings is 2. The number of anilines is 2. The van der Waals surface area contributed by atoms with E-state index < -0.39 is 0 Å². The molecule has 0 saturated heterocycles. The Morgan fingerprint density at radius 1 is 1.03 bits per heavy atom. The molecule has 0 amide bonds. The second-order valence-corrected chi connectivity index (χ2v) is 8.89. The lowest BCUT2D eigenvalue weighted by molar-refractivity contribution is 0.415. The Labute approximate surface area is 207 Å². The maximum atomic E-state index is 12.5. The van der Waals surface area contributed by atoms with E-state index in [1.54, 1.807) is 19.5 Å². The van der Waals surface area contributed by atoms with E-state index >= 15 is 0 Å². The molecule has 3 N–H and O–H groups in total. The zero-order chi connectivity index (χ0) is 24.5. The molecule has 180 valence electrons. The Bertz CT molecular complexity index is 1610. The van der Waals surface area contributed by atoms with Gasteiger partial charge in [-0.1, -0.05) is 18.2 Å². The molecule has 0 spiro atoms. The van der Waals surface area contributed by atoms with Gasteiger partial charge in [-0.15, -0.1) is 0 Å². The van der Waals surface area contributed by atoms with Crippen molar-refractivity contribution >= 4 is 22.7 Å². The van der Waals surface area contributed by atoms with E-state index in [1.807, 2.05) is 36.4 Å². The average Bonchev–Trinajstić information content (AvgIpc) is 3.60. The summed E-state index contributed by atoms with van der Waals surface area (Å²) in [5.41, 5.74) is 7.49. The quantitative estimate of drug-likeness (QED) is 0.287. The lowest BCUT2D eigenvalue weighted by Gasteiger charge is -2.20. The minimum absolute atomic E-state index is 0.178. The van der Waals surface area contributed by atoms with E-state index in [0.29, 0.717) is 11.3 Å². The molecule has 2 aromatic carbocycles. The fourth-order valence-electron chi connectivity index (χ4n) is 4.82. The molecule has 0 aliphatic heterocycles. The van der Waals surface area contributed by atoms with Gasteiger partial charge in [0.05, 0.1) is 19.0 Å². The third kappa shape index (κ3) is 4.07. The van der Waals surface area contributed by atoms with Crippen LogP contribution in [0, 0.1) is 0 Å². The maximum Gasteiger partial charge on any atom is 0.274 e. The highest BCUT2D eigenvalue weighted by Crippen LogP contribution is 2.42. The van der Waals surface area contributed by atoms with Crippen LogP contribution in [-0.4, -0.2) is 31.9 Å². The van der Waals surface area contributed by atoms with Crippen LogP contribution in [0.1, 0.15) is 31.2 Å². The number of allylic oxidation sites excluding steroid dienone is 2. The standard InChI is InChI=1S/C28H26N6O2/c1-36-21-9-7-19(8-10-21)28-22(23-17-26-29-13-12-27(35)34(26)33-23)15-20(18-5-3-2-4-6-18)16-24(28)31-25-11-14-30-32-25/h5,7-17,29H,2-4,6H2,1H3,(H2,30,31,32). The molecule has 6 rings (SSSR count). The van der Waals surface area contributed by atoms with Crippen molar-refractivity contribution < 1.29 is 4.74 Å². The van der Waals surface area contributed by atoms with Crippen LogP contribution in [0.4, 0.5) is 11.5 Å². The minimum atomic E-state index is -0.178. The van der Waals surface area contributed by atoms with Crippen LogP contribution in [0.15, 0.2) is 77.9 Å². The topological polar surface area (TPSA) is 100 Å². The minimum Gasteiger partial charge on any atom is -0.497 e. The maximum absolute atomic E-state index is 12.5. The van der Waals surface area contributed by atoms with Gasteiger partial charge in [-0.3, -0.25) is 9.89 Å². The largest absolute Gasteiger partial charge is 0.497 e. The molecule has 0 bridgehead atoms. The van der Waals surface area contributed by atoms with Gasteiger partial charge in [0.2, 0.25) is 0 Å². The summed E-state index contributed by atoms with van der Waals surface area (Å²) in [6.45, 7) is 0. The highest BCUT2D eigenvalue weighted by atomic mass is 16.5. The van der Waals surface area contributed by atoms with Crippen molar-refractivity contribution in [3.8, 4) is 28.1 Å². The Morgan fingerprint density at radius 2 is 1.92 bits per heavy atom. The van der Waals surface area contributed by atoms with Gasteiger partial charge in [-0.05, 0) is 66.6 Å². The molecule has 8 nitrogen and oxygen atoms in total. The number of ether oxygens (including phenoxy) is 1. The van der Waals surface area contributed by atoms with Crippen molar-refractivity contribution in [2.45, 2.75) is 25.7 Å². The lowest BCUT2D eigenvalue weighted by Crippen LogP contribution is -2.12. The van der Waals surface area contributed by atoms with E-state index in [0.717, 1.165) is 52.4 Å². The lowest BCUT2D eigenvalue weighted by atomic mass is 9.88. The number of rotatable bonds is 6. The average molecular weight is 479 g/mol. The summed E-state index contributed by atoms with van der Waals surface area (Å²) in [7, 11) is 1.66. The summed E-state index contributed by atoms with van der Waals surface area (Å²) in [5, 5.41) is 15.4. The van der Waals surface area contributed by atoms with Crippen molar-refractivity contribution in [1.82, 2.24) is 24.8 Å². The first-order chi connectivity index (χ1) is 17.7. The molecule has 1 aliphatic rings. The summed E-state index contributed by atoms with van der Waals surface area (Å²) in [5.74, 6) is 1.57. The molecule has 0 radical (unpaired) electrons. The molecule has 0 fully saturated rings. The number of methoxy groups -OCH3 is 1. The molecule has 0 saturated carbocycles. The summed E-state index contributed by atoms with van der Waals surface area (Å²) >= 11 is 0.